The van der Waals surface area contributed by atoms with Gasteiger partial charge in [-0.15, -0.1) is 0 Å². The van der Waals surface area contributed by atoms with Crippen LogP contribution in [0.15, 0.2) is 41.7 Å². The van der Waals surface area contributed by atoms with Crippen LogP contribution in [-0.2, 0) is 4.79 Å². The standard InChI is InChI=1S/C11H9NO.CH3NO/c1-2-8-7-11(13)12-10-6-4-3-5-9(8)10;2-1-3/h2-7H,1H2,(H,12,13);1H,(H2,2,3). The third kappa shape index (κ3) is 2.57. The van der Waals surface area contributed by atoms with E-state index >= 15 is 0 Å². The van der Waals surface area contributed by atoms with E-state index in [1.165, 1.54) is 0 Å². The van der Waals surface area contributed by atoms with Crippen LogP contribution in [0.25, 0.3) is 17.0 Å². The van der Waals surface area contributed by atoms with E-state index in [9.17, 15) is 4.79 Å². The van der Waals surface area contributed by atoms with Crippen LogP contribution in [-0.4, -0.2) is 11.4 Å². The molecule has 1 amide bonds. The van der Waals surface area contributed by atoms with Gasteiger partial charge in [0.2, 0.25) is 12.0 Å². The van der Waals surface area contributed by atoms with Gasteiger partial charge < -0.3 is 10.7 Å². The molecule has 1 aromatic heterocycles. The molecule has 0 bridgehead atoms. The van der Waals surface area contributed by atoms with E-state index in [1.807, 2.05) is 24.3 Å². The van der Waals surface area contributed by atoms with Gasteiger partial charge in [-0.2, -0.15) is 0 Å². The number of rotatable bonds is 1. The third-order valence-corrected chi connectivity index (χ3v) is 2.00. The molecule has 0 spiro atoms. The molecule has 0 saturated heterocycles. The lowest BCUT2D eigenvalue weighted by atomic mass is 10.1. The molecule has 0 aliphatic heterocycles. The number of amides is 1. The van der Waals surface area contributed by atoms with Crippen LogP contribution in [0.1, 0.15) is 5.56 Å². The summed E-state index contributed by atoms with van der Waals surface area (Å²) in [7, 11) is 0. The van der Waals surface area contributed by atoms with Crippen molar-refractivity contribution < 1.29 is 4.79 Å². The van der Waals surface area contributed by atoms with Crippen LogP contribution in [0, 0.1) is 0 Å². The molecular formula is C12H12N2O2. The number of hydrogen-bond acceptors (Lipinski definition) is 2. The fourth-order valence-corrected chi connectivity index (χ4v) is 1.40. The summed E-state index contributed by atoms with van der Waals surface area (Å²) in [6.07, 6.45) is 1.94. The van der Waals surface area contributed by atoms with E-state index in [-0.39, 0.29) is 12.0 Å². The van der Waals surface area contributed by atoms with Crippen molar-refractivity contribution in [2.24, 2.45) is 5.73 Å². The highest BCUT2D eigenvalue weighted by atomic mass is 16.1. The molecule has 0 saturated carbocycles. The Kier molecular flexibility index (Phi) is 4.03. The first kappa shape index (κ1) is 11.7. The van der Waals surface area contributed by atoms with Crippen molar-refractivity contribution in [3.05, 3.63) is 52.8 Å². The number of pyridine rings is 1. The molecule has 0 aliphatic carbocycles. The summed E-state index contributed by atoms with van der Waals surface area (Å²) in [4.78, 5) is 22.5. The molecule has 16 heavy (non-hydrogen) atoms. The van der Waals surface area contributed by atoms with Crippen LogP contribution in [0.2, 0.25) is 0 Å². The first-order valence-corrected chi connectivity index (χ1v) is 4.62. The number of aromatic amines is 1. The molecule has 1 aromatic carbocycles. The van der Waals surface area contributed by atoms with Gasteiger partial charge in [0.1, 0.15) is 0 Å². The van der Waals surface area contributed by atoms with Crippen LogP contribution in [0.5, 0.6) is 0 Å². The highest BCUT2D eigenvalue weighted by Gasteiger charge is 1.97. The maximum atomic E-state index is 11.2. The van der Waals surface area contributed by atoms with Crippen molar-refractivity contribution in [1.29, 1.82) is 0 Å². The molecule has 82 valence electrons. The molecule has 4 nitrogen and oxygen atoms in total. The number of fused-ring (bicyclic) bond motifs is 1. The lowest BCUT2D eigenvalue weighted by Gasteiger charge is -1.99. The maximum Gasteiger partial charge on any atom is 0.249 e. The SMILES string of the molecule is C=Cc1cc(=O)[nH]c2ccccc12.NC=O. The van der Waals surface area contributed by atoms with Gasteiger partial charge in [0.15, 0.2) is 0 Å². The van der Waals surface area contributed by atoms with Crippen LogP contribution in [0.4, 0.5) is 0 Å². The van der Waals surface area contributed by atoms with Crippen molar-refractivity contribution in [2.45, 2.75) is 0 Å². The highest BCUT2D eigenvalue weighted by molar-refractivity contribution is 5.87. The normalized spacial score (nSPS) is 9.00. The number of nitrogens with one attached hydrogen (secondary N) is 1. The van der Waals surface area contributed by atoms with E-state index in [0.29, 0.717) is 0 Å². The largest absolute Gasteiger partial charge is 0.372 e. The monoisotopic (exact) mass is 216 g/mol. The maximum absolute atomic E-state index is 11.2. The van der Waals surface area contributed by atoms with E-state index in [0.717, 1.165) is 16.5 Å². The number of carbonyl (C=O) groups is 1. The molecular weight excluding hydrogens is 204 g/mol. The van der Waals surface area contributed by atoms with Gasteiger partial charge in [0, 0.05) is 17.0 Å². The minimum absolute atomic E-state index is 0.0893. The number of nitrogens with two attached hydrogens (primary N) is 1. The number of para-hydroxylation sites is 1. The Hall–Kier alpha value is -2.36. The molecule has 2 aromatic rings. The third-order valence-electron chi connectivity index (χ3n) is 2.00. The predicted octanol–water partition coefficient (Wildman–Crippen LogP) is 1.27. The molecule has 0 unspecified atom stereocenters. The smallest absolute Gasteiger partial charge is 0.249 e. The second-order valence-corrected chi connectivity index (χ2v) is 2.97. The van der Waals surface area contributed by atoms with E-state index in [4.69, 9.17) is 4.79 Å². The fourth-order valence-electron chi connectivity index (χ4n) is 1.40. The number of hydrogen-bond donors (Lipinski definition) is 2. The van der Waals surface area contributed by atoms with Crippen LogP contribution in [0.3, 0.4) is 0 Å². The lowest BCUT2D eigenvalue weighted by molar-refractivity contribution is -0.106. The number of H-pyrrole nitrogens is 1. The second kappa shape index (κ2) is 5.50. The zero-order chi connectivity index (χ0) is 12.0. The summed E-state index contributed by atoms with van der Waals surface area (Å²) >= 11 is 0. The number of benzene rings is 1. The predicted molar refractivity (Wildman–Crippen MR) is 64.9 cm³/mol. The Bertz CT molecular complexity index is 558. The van der Waals surface area contributed by atoms with E-state index in [1.54, 1.807) is 12.1 Å². The highest BCUT2D eigenvalue weighted by Crippen LogP contribution is 2.14. The summed E-state index contributed by atoms with van der Waals surface area (Å²) in [5, 5.41) is 1.03. The molecule has 3 N–H and O–H groups in total. The topological polar surface area (TPSA) is 75.9 Å². The zero-order valence-corrected chi connectivity index (χ0v) is 8.64. The van der Waals surface area contributed by atoms with Crippen molar-refractivity contribution in [2.75, 3.05) is 0 Å². The Labute approximate surface area is 92.4 Å². The molecule has 0 aliphatic rings. The lowest BCUT2D eigenvalue weighted by Crippen LogP contribution is -2.04. The van der Waals surface area contributed by atoms with Gasteiger partial charge in [-0.25, -0.2) is 0 Å². The Balaban J connectivity index is 0.000000386. The van der Waals surface area contributed by atoms with Crippen molar-refractivity contribution in [3.8, 4) is 0 Å². The van der Waals surface area contributed by atoms with Gasteiger partial charge in [-0.1, -0.05) is 30.9 Å². The number of carbonyl (C=O) groups excluding carboxylic acids is 1. The summed E-state index contributed by atoms with van der Waals surface area (Å²) in [5.41, 5.74) is 5.80. The summed E-state index contributed by atoms with van der Waals surface area (Å²) in [5.74, 6) is 0. The van der Waals surface area contributed by atoms with E-state index in [2.05, 4.69) is 17.3 Å². The van der Waals surface area contributed by atoms with Crippen LogP contribution < -0.4 is 11.3 Å². The van der Waals surface area contributed by atoms with Gasteiger partial charge in [0.25, 0.3) is 0 Å². The zero-order valence-electron chi connectivity index (χ0n) is 8.64. The molecule has 0 fully saturated rings. The fraction of sp³-hybridized carbons (Fsp3) is 0. The Morgan fingerprint density at radius 3 is 2.56 bits per heavy atom. The average molecular weight is 216 g/mol. The Morgan fingerprint density at radius 2 is 1.94 bits per heavy atom. The quantitative estimate of drug-likeness (QED) is 0.704. The summed E-state index contributed by atoms with van der Waals surface area (Å²) < 4.78 is 0. The van der Waals surface area contributed by atoms with Gasteiger partial charge in [-0.3, -0.25) is 9.59 Å². The summed E-state index contributed by atoms with van der Waals surface area (Å²) in [6, 6.07) is 9.22. The minimum Gasteiger partial charge on any atom is -0.372 e. The van der Waals surface area contributed by atoms with Gasteiger partial charge >= 0.3 is 0 Å². The molecule has 2 rings (SSSR count). The minimum atomic E-state index is -0.0893. The summed E-state index contributed by atoms with van der Waals surface area (Å²) in [6.45, 7) is 3.67. The number of primary amides is 1. The molecule has 0 radical (unpaired) electrons. The average Bonchev–Trinajstić information content (AvgIpc) is 2.29. The molecule has 4 heteroatoms. The van der Waals surface area contributed by atoms with Gasteiger partial charge in [-0.05, 0) is 11.6 Å². The molecule has 1 heterocycles. The number of aromatic nitrogens is 1. The van der Waals surface area contributed by atoms with Crippen LogP contribution >= 0.6 is 0 Å². The second-order valence-electron chi connectivity index (χ2n) is 2.97. The van der Waals surface area contributed by atoms with Crippen molar-refractivity contribution in [3.63, 3.8) is 0 Å². The van der Waals surface area contributed by atoms with E-state index < -0.39 is 0 Å². The van der Waals surface area contributed by atoms with Gasteiger partial charge in [0.05, 0.1) is 0 Å². The first-order chi connectivity index (χ1) is 7.72. The Morgan fingerprint density at radius 1 is 1.31 bits per heavy atom. The van der Waals surface area contributed by atoms with Crippen molar-refractivity contribution >= 4 is 23.4 Å². The molecule has 0 atom stereocenters. The van der Waals surface area contributed by atoms with Crippen molar-refractivity contribution in [1.82, 2.24) is 4.98 Å². The first-order valence-electron chi connectivity index (χ1n) is 4.62.